The minimum atomic E-state index is -1.79. The van der Waals surface area contributed by atoms with Crippen LogP contribution in [0.15, 0.2) is 0 Å². The van der Waals surface area contributed by atoms with Crippen molar-refractivity contribution in [1.82, 2.24) is 26.6 Å². The second kappa shape index (κ2) is 17.7. The van der Waals surface area contributed by atoms with Crippen molar-refractivity contribution in [1.29, 1.82) is 0 Å². The molecule has 0 aromatic rings. The van der Waals surface area contributed by atoms with Gasteiger partial charge in [0.15, 0.2) is 0 Å². The zero-order chi connectivity index (χ0) is 32.0. The van der Waals surface area contributed by atoms with Crippen molar-refractivity contribution in [3.8, 4) is 0 Å². The maximum absolute atomic E-state index is 13.0. The van der Waals surface area contributed by atoms with Gasteiger partial charge in [-0.1, -0.05) is 13.8 Å². The number of carbonyl (C=O) groups is 7. The van der Waals surface area contributed by atoms with Crippen molar-refractivity contribution in [2.45, 2.75) is 82.9 Å². The van der Waals surface area contributed by atoms with Crippen LogP contribution in [0.3, 0.4) is 0 Å². The molecule has 0 aliphatic carbocycles. The molecule has 0 spiro atoms. The number of carboxylic acid groups (broad SMARTS) is 2. The molecule has 0 aliphatic rings. The average Bonchev–Trinajstić information content (AvgIpc) is 2.88. The van der Waals surface area contributed by atoms with E-state index in [-0.39, 0.29) is 0 Å². The summed E-state index contributed by atoms with van der Waals surface area (Å²) in [6.45, 7) is 3.55. The van der Waals surface area contributed by atoms with Crippen LogP contribution in [0.4, 0.5) is 0 Å². The van der Waals surface area contributed by atoms with Gasteiger partial charge in [-0.05, 0) is 26.2 Å². The van der Waals surface area contributed by atoms with Crippen molar-refractivity contribution in [3.63, 3.8) is 0 Å². The molecule has 0 saturated heterocycles. The third-order valence-electron chi connectivity index (χ3n) is 5.62. The highest BCUT2D eigenvalue weighted by Crippen LogP contribution is 2.05. The van der Waals surface area contributed by atoms with Crippen molar-refractivity contribution in [2.75, 3.05) is 13.2 Å². The summed E-state index contributed by atoms with van der Waals surface area (Å²) < 4.78 is 0. The fraction of sp³-hybridized carbons (Fsp3) is 0.696. The number of amides is 5. The number of aliphatic carboxylic acids is 2. The number of nitrogens with two attached hydrogens (primary N) is 1. The van der Waals surface area contributed by atoms with Crippen LogP contribution in [-0.4, -0.2) is 123 Å². The van der Waals surface area contributed by atoms with Crippen LogP contribution >= 0.6 is 0 Å². The first-order valence-corrected chi connectivity index (χ1v) is 12.6. The van der Waals surface area contributed by atoms with Crippen LogP contribution in [0, 0.1) is 5.92 Å². The first-order chi connectivity index (χ1) is 19.0. The Balaban J connectivity index is 5.75. The molecule has 234 valence electrons. The second-order valence-corrected chi connectivity index (χ2v) is 9.57. The van der Waals surface area contributed by atoms with E-state index in [0.29, 0.717) is 0 Å². The monoisotopic (exact) mass is 592 g/mol. The van der Waals surface area contributed by atoms with E-state index in [2.05, 4.69) is 26.6 Å². The van der Waals surface area contributed by atoms with E-state index in [1.165, 1.54) is 20.8 Å². The Morgan fingerprint density at radius 3 is 1.44 bits per heavy atom. The van der Waals surface area contributed by atoms with Crippen LogP contribution in [0.5, 0.6) is 0 Å². The Kier molecular flexibility index (Phi) is 16.1. The zero-order valence-corrected chi connectivity index (χ0v) is 23.1. The highest BCUT2D eigenvalue weighted by Gasteiger charge is 2.34. The lowest BCUT2D eigenvalue weighted by Crippen LogP contribution is -2.62. The Bertz CT molecular complexity index is 957. The molecule has 0 aromatic carbocycles. The maximum atomic E-state index is 13.0. The lowest BCUT2D eigenvalue weighted by Gasteiger charge is -2.27. The zero-order valence-electron chi connectivity index (χ0n) is 23.1. The number of nitrogens with one attached hydrogen (secondary N) is 5. The summed E-state index contributed by atoms with van der Waals surface area (Å²) in [5.74, 6) is -8.53. The lowest BCUT2D eigenvalue weighted by atomic mass is 10.0. The summed E-state index contributed by atoms with van der Waals surface area (Å²) in [6.07, 6.45) is -2.75. The van der Waals surface area contributed by atoms with E-state index in [1.54, 1.807) is 0 Å². The van der Waals surface area contributed by atoms with Gasteiger partial charge in [-0.25, -0.2) is 4.79 Å². The molecule has 0 aromatic heterocycles. The van der Waals surface area contributed by atoms with Crippen LogP contribution in [0.25, 0.3) is 0 Å². The maximum Gasteiger partial charge on any atom is 0.326 e. The molecule has 0 aliphatic heterocycles. The van der Waals surface area contributed by atoms with Gasteiger partial charge in [-0.3, -0.25) is 28.8 Å². The van der Waals surface area contributed by atoms with Gasteiger partial charge in [0.2, 0.25) is 29.5 Å². The number of aliphatic hydroxyl groups excluding tert-OH is 3. The van der Waals surface area contributed by atoms with Crippen LogP contribution in [-0.2, 0) is 33.6 Å². The van der Waals surface area contributed by atoms with Gasteiger partial charge in [0.25, 0.3) is 0 Å². The second-order valence-electron chi connectivity index (χ2n) is 9.57. The molecule has 0 rings (SSSR count). The fourth-order valence-electron chi connectivity index (χ4n) is 3.19. The number of rotatable bonds is 18. The third kappa shape index (κ3) is 12.9. The number of hydrogen-bond donors (Lipinski definition) is 11. The van der Waals surface area contributed by atoms with E-state index < -0.39 is 116 Å². The standard InChI is InChI=1S/C23H40N6O12/c1-9(2)16(23(40)41)28-21(38)14(8-31)27-22(39)17(11(4)32)29-19(36)12(5-6-15(33)34)25-20(37)13(7-30)26-18(35)10(3)24/h9-14,16-17,30-32H,5-8,24H2,1-4H3,(H,25,37)(H,26,35)(H,27,39)(H,28,38)(H,29,36)(H,33,34)(H,40,41)/t10-,11+,12-,13-,14-,16-,17-/m0/s1. The summed E-state index contributed by atoms with van der Waals surface area (Å²) in [7, 11) is 0. The largest absolute Gasteiger partial charge is 0.481 e. The molecule has 12 N–H and O–H groups in total. The molecule has 0 heterocycles. The van der Waals surface area contributed by atoms with E-state index in [9.17, 15) is 54.0 Å². The molecule has 7 atom stereocenters. The first kappa shape index (κ1) is 37.1. The molecule has 0 radical (unpaired) electrons. The molecule has 5 amide bonds. The van der Waals surface area contributed by atoms with Crippen molar-refractivity contribution < 1.29 is 59.1 Å². The van der Waals surface area contributed by atoms with E-state index in [4.69, 9.17) is 10.8 Å². The van der Waals surface area contributed by atoms with E-state index in [0.717, 1.165) is 6.92 Å². The summed E-state index contributed by atoms with van der Waals surface area (Å²) >= 11 is 0. The van der Waals surface area contributed by atoms with Crippen molar-refractivity contribution in [3.05, 3.63) is 0 Å². The summed E-state index contributed by atoms with van der Waals surface area (Å²) in [6, 6.07) is -9.05. The quantitative estimate of drug-likeness (QED) is 0.0709. The minimum Gasteiger partial charge on any atom is -0.481 e. The molecule has 0 unspecified atom stereocenters. The van der Waals surface area contributed by atoms with Crippen LogP contribution in [0.2, 0.25) is 0 Å². The van der Waals surface area contributed by atoms with E-state index >= 15 is 0 Å². The summed E-state index contributed by atoms with van der Waals surface area (Å²) in [5, 5.41) is 58.1. The predicted octanol–water partition coefficient (Wildman–Crippen LogP) is -5.27. The van der Waals surface area contributed by atoms with Crippen molar-refractivity contribution in [2.24, 2.45) is 11.7 Å². The molecule has 0 saturated carbocycles. The van der Waals surface area contributed by atoms with Gasteiger partial charge in [0, 0.05) is 6.42 Å². The Hall–Kier alpha value is -3.87. The van der Waals surface area contributed by atoms with Crippen molar-refractivity contribution >= 4 is 41.5 Å². The predicted molar refractivity (Wildman–Crippen MR) is 138 cm³/mol. The number of carboxylic acids is 2. The van der Waals surface area contributed by atoms with Crippen LogP contribution in [0.1, 0.15) is 40.5 Å². The topological polar surface area (TPSA) is 307 Å². The number of aliphatic hydroxyl groups is 3. The molecule has 0 fully saturated rings. The Morgan fingerprint density at radius 1 is 0.634 bits per heavy atom. The number of hydrogen-bond acceptors (Lipinski definition) is 11. The summed E-state index contributed by atoms with van der Waals surface area (Å²) in [4.78, 5) is 85.1. The minimum absolute atomic E-state index is 0.506. The third-order valence-corrected chi connectivity index (χ3v) is 5.62. The SMILES string of the molecule is CC(C)[C@H](NC(=O)[C@H](CO)NC(=O)[C@@H](NC(=O)[C@H](CCC(=O)O)NC(=O)[C@H](CO)NC(=O)[C@H](C)N)[C@@H](C)O)C(=O)O. The van der Waals surface area contributed by atoms with Gasteiger partial charge >= 0.3 is 11.9 Å². The van der Waals surface area contributed by atoms with Crippen LogP contribution < -0.4 is 32.3 Å². The van der Waals surface area contributed by atoms with E-state index in [1.807, 2.05) is 0 Å². The Morgan fingerprint density at radius 2 is 1.05 bits per heavy atom. The van der Waals surface area contributed by atoms with Gasteiger partial charge in [0.1, 0.15) is 30.2 Å². The molecule has 41 heavy (non-hydrogen) atoms. The highest BCUT2D eigenvalue weighted by atomic mass is 16.4. The fourth-order valence-corrected chi connectivity index (χ4v) is 3.19. The average molecular weight is 593 g/mol. The molecule has 18 heteroatoms. The van der Waals surface area contributed by atoms with Gasteiger partial charge in [-0.15, -0.1) is 0 Å². The van der Waals surface area contributed by atoms with Gasteiger partial charge in [-0.2, -0.15) is 0 Å². The Labute approximate surface area is 235 Å². The highest BCUT2D eigenvalue weighted by molar-refractivity contribution is 5.96. The lowest BCUT2D eigenvalue weighted by molar-refractivity contribution is -0.144. The van der Waals surface area contributed by atoms with Gasteiger partial charge < -0.3 is 57.9 Å². The first-order valence-electron chi connectivity index (χ1n) is 12.6. The smallest absolute Gasteiger partial charge is 0.326 e. The summed E-state index contributed by atoms with van der Waals surface area (Å²) in [5.41, 5.74) is 5.41. The molecule has 18 nitrogen and oxygen atoms in total. The normalized spacial score (nSPS) is 16.1. The number of carbonyl (C=O) groups excluding carboxylic acids is 5. The molecular weight excluding hydrogens is 552 g/mol. The molecule has 0 bridgehead atoms. The van der Waals surface area contributed by atoms with Gasteiger partial charge in [0.05, 0.1) is 25.4 Å². The molecular formula is C23H40N6O12.